The van der Waals surface area contributed by atoms with E-state index in [0.29, 0.717) is 6.42 Å². The Balaban J connectivity index is 1.66. The summed E-state index contributed by atoms with van der Waals surface area (Å²) in [5.74, 6) is 58.4. The Morgan fingerprint density at radius 3 is 1.37 bits per heavy atom. The summed E-state index contributed by atoms with van der Waals surface area (Å²) in [6.07, 6.45) is -11.5. The van der Waals surface area contributed by atoms with Crippen LogP contribution in [0.2, 0.25) is 0 Å². The van der Waals surface area contributed by atoms with Crippen molar-refractivity contribution in [1.82, 2.24) is 5.32 Å². The Kier molecular flexibility index (Phi) is 34.9. The lowest BCUT2D eigenvalue weighted by molar-refractivity contribution is -0.380. The van der Waals surface area contributed by atoms with Crippen LogP contribution < -0.4 is 5.32 Å². The highest BCUT2D eigenvalue weighted by Gasteiger charge is 2.54. The molecule has 0 aromatic carbocycles. The molecule has 0 aromatic heterocycles. The molecule has 19 nitrogen and oxygen atoms in total. The summed E-state index contributed by atoms with van der Waals surface area (Å²) >= 11 is 0. The predicted octanol–water partition coefficient (Wildman–Crippen LogP) is -2.38. The van der Waals surface area contributed by atoms with Gasteiger partial charge in [-0.15, -0.1) is 0 Å². The number of ether oxygens (including phenoxy) is 6. The van der Waals surface area contributed by atoms with Crippen molar-refractivity contribution in [3.8, 4) is 142 Å². The molecule has 81 heavy (non-hydrogen) atoms. The standard InChI is InChI=1S/C62H69NO18/c1-3-5-7-9-11-13-15-17-18-19-20-21-22-23-24-25-26-28-30-32-34-36-38-40-50(68)63-45(46(67)39-37-35-33-31-29-27-16-14-12-10-8-6-4-2)44-76-60-56(74)54(72)58(49(43-66)79-60)80-62-57(75)59(52(70)48(42-65)78-62)81-61-55(73)53(71)51(69)47(41-64)77-61/h37,39,45-49,51-62,64-67,69-75H,4,6,8,10,12,14,16,27,29,31,33,35,41-44H2,1-2H3,(H,63,68)/b39-37+/t45-,46+,47?,48?,49?,51?,52?,53?,54?,55?,56?,57?,58?,59?,60?,61?,62?/m0/s1. The maximum absolute atomic E-state index is 13.0. The van der Waals surface area contributed by atoms with E-state index in [1.807, 2.05) is 0 Å². The zero-order chi connectivity index (χ0) is 59.0. The maximum atomic E-state index is 13.0. The minimum Gasteiger partial charge on any atom is -0.394 e. The fourth-order valence-corrected chi connectivity index (χ4v) is 7.87. The summed E-state index contributed by atoms with van der Waals surface area (Å²) in [7, 11) is 0. The number of carbonyl (C=O) groups excluding carboxylic acids is 1. The van der Waals surface area contributed by atoms with E-state index in [0.717, 1.165) is 25.7 Å². The first-order valence-corrected chi connectivity index (χ1v) is 26.4. The minimum atomic E-state index is -2.02. The number of aliphatic hydroxyl groups excluding tert-OH is 11. The monoisotopic (exact) mass is 1120 g/mol. The zero-order valence-corrected chi connectivity index (χ0v) is 45.1. The van der Waals surface area contributed by atoms with Gasteiger partial charge in [0.15, 0.2) is 18.9 Å². The first-order valence-electron chi connectivity index (χ1n) is 26.4. The highest BCUT2D eigenvalue weighted by Crippen LogP contribution is 2.33. The van der Waals surface area contributed by atoms with Crippen molar-refractivity contribution in [3.63, 3.8) is 0 Å². The lowest BCUT2D eigenvalue weighted by Crippen LogP contribution is -2.67. The number of carbonyl (C=O) groups is 1. The largest absolute Gasteiger partial charge is 0.394 e. The molecule has 0 saturated carbocycles. The number of hydrogen-bond acceptors (Lipinski definition) is 18. The summed E-state index contributed by atoms with van der Waals surface area (Å²) in [5, 5.41) is 120. The average molecular weight is 1120 g/mol. The second-order valence-electron chi connectivity index (χ2n) is 18.1. The SMILES string of the molecule is CC#CC#CC#CC#CC#CC#CC#CC#CC#CC#CC#CC#CC(=O)N[C@@H](COC1OC(CO)C(OC2OC(CO)C(O)C(OC3OC(CO)C(O)C(O)C3O)C2O)C(O)C1O)[C@H](O)/C=C/CCCCCCCCCCCCC. The molecule has 1 amide bonds. The fraction of sp³-hybridized carbons (Fsp3) is 0.565. The van der Waals surface area contributed by atoms with Gasteiger partial charge < -0.3 is 89.9 Å². The molecule has 19 heteroatoms. The van der Waals surface area contributed by atoms with Gasteiger partial charge in [0.05, 0.1) is 38.6 Å². The topological polar surface area (TPSA) is 307 Å². The van der Waals surface area contributed by atoms with Gasteiger partial charge in [-0.1, -0.05) is 89.2 Å². The van der Waals surface area contributed by atoms with Gasteiger partial charge in [-0.3, -0.25) is 4.79 Å². The van der Waals surface area contributed by atoms with Crippen LogP contribution in [0.25, 0.3) is 0 Å². The van der Waals surface area contributed by atoms with Crippen LogP contribution in [0.15, 0.2) is 12.2 Å². The van der Waals surface area contributed by atoms with Crippen LogP contribution in [-0.4, -0.2) is 193 Å². The summed E-state index contributed by atoms with van der Waals surface area (Å²) in [5.41, 5.74) is 0. The summed E-state index contributed by atoms with van der Waals surface area (Å²) < 4.78 is 33.9. The van der Waals surface area contributed by atoms with Crippen molar-refractivity contribution in [1.29, 1.82) is 0 Å². The van der Waals surface area contributed by atoms with Gasteiger partial charge in [0, 0.05) is 41.4 Å². The number of aliphatic hydroxyl groups is 11. The molecule has 17 atom stereocenters. The first-order chi connectivity index (χ1) is 39.3. The Morgan fingerprint density at radius 1 is 0.481 bits per heavy atom. The van der Waals surface area contributed by atoms with E-state index in [9.17, 15) is 61.0 Å². The number of nitrogens with one attached hydrogen (secondary N) is 1. The van der Waals surface area contributed by atoms with Gasteiger partial charge in [0.2, 0.25) is 0 Å². The van der Waals surface area contributed by atoms with Gasteiger partial charge in [-0.05, 0) is 114 Å². The number of rotatable bonds is 25. The van der Waals surface area contributed by atoms with E-state index in [2.05, 4.69) is 154 Å². The highest BCUT2D eigenvalue weighted by molar-refractivity contribution is 5.94. The molecule has 3 heterocycles. The molecule has 0 radical (unpaired) electrons. The minimum absolute atomic E-state index is 0.543. The van der Waals surface area contributed by atoms with Crippen LogP contribution in [0.5, 0.6) is 0 Å². The van der Waals surface area contributed by atoms with Crippen LogP contribution in [0, 0.1) is 142 Å². The molecule has 3 fully saturated rings. The summed E-state index contributed by atoms with van der Waals surface area (Å²) in [4.78, 5) is 13.0. The third-order valence-corrected chi connectivity index (χ3v) is 12.2. The van der Waals surface area contributed by atoms with Crippen molar-refractivity contribution in [3.05, 3.63) is 12.2 Å². The van der Waals surface area contributed by atoms with E-state index in [1.54, 1.807) is 13.0 Å². The Bertz CT molecular complexity index is 2820. The van der Waals surface area contributed by atoms with Crippen LogP contribution in [0.1, 0.15) is 90.9 Å². The first kappa shape index (κ1) is 68.5. The van der Waals surface area contributed by atoms with Crippen molar-refractivity contribution in [2.75, 3.05) is 26.4 Å². The third kappa shape index (κ3) is 25.7. The van der Waals surface area contributed by atoms with Crippen molar-refractivity contribution < 1.29 is 89.4 Å². The summed E-state index contributed by atoms with van der Waals surface area (Å²) in [6, 6.07) is -1.22. The van der Waals surface area contributed by atoms with Gasteiger partial charge in [-0.25, -0.2) is 0 Å². The van der Waals surface area contributed by atoms with E-state index in [4.69, 9.17) is 28.4 Å². The van der Waals surface area contributed by atoms with Gasteiger partial charge >= 0.3 is 0 Å². The number of hydrogen-bond donors (Lipinski definition) is 12. The average Bonchev–Trinajstić information content (AvgIpc) is 3.47. The molecule has 3 aliphatic rings. The van der Waals surface area contributed by atoms with Crippen molar-refractivity contribution in [2.24, 2.45) is 0 Å². The van der Waals surface area contributed by atoms with Crippen LogP contribution >= 0.6 is 0 Å². The Labute approximate surface area is 474 Å². The number of amides is 1. The molecule has 430 valence electrons. The van der Waals surface area contributed by atoms with E-state index in [-0.39, 0.29) is 0 Å². The maximum Gasteiger partial charge on any atom is 0.297 e. The van der Waals surface area contributed by atoms with Crippen LogP contribution in [-0.2, 0) is 33.2 Å². The van der Waals surface area contributed by atoms with E-state index in [1.165, 1.54) is 51.0 Å². The fourth-order valence-electron chi connectivity index (χ4n) is 7.87. The predicted molar refractivity (Wildman–Crippen MR) is 292 cm³/mol. The molecular weight excluding hydrogens is 1050 g/mol. The zero-order valence-electron chi connectivity index (χ0n) is 45.1. The highest BCUT2D eigenvalue weighted by atomic mass is 16.8. The van der Waals surface area contributed by atoms with Crippen molar-refractivity contribution in [2.45, 2.75) is 195 Å². The molecule has 3 aliphatic heterocycles. The quantitative estimate of drug-likeness (QED) is 0.0258. The van der Waals surface area contributed by atoms with Gasteiger partial charge in [-0.2, -0.15) is 0 Å². The number of unbranched alkanes of at least 4 members (excludes halogenated alkanes) is 11. The van der Waals surface area contributed by atoms with Gasteiger partial charge in [0.25, 0.3) is 5.91 Å². The smallest absolute Gasteiger partial charge is 0.297 e. The lowest BCUT2D eigenvalue weighted by Gasteiger charge is -2.48. The molecule has 15 unspecified atom stereocenters. The molecule has 0 spiro atoms. The molecule has 3 saturated heterocycles. The molecule has 0 aliphatic carbocycles. The second kappa shape index (κ2) is 41.3. The van der Waals surface area contributed by atoms with Crippen LogP contribution in [0.3, 0.4) is 0 Å². The molecule has 3 rings (SSSR count). The second-order valence-corrected chi connectivity index (χ2v) is 18.1. The lowest BCUT2D eigenvalue weighted by atomic mass is 9.96. The Hall–Kier alpha value is -6.75. The molecule has 12 N–H and O–H groups in total. The number of allylic oxidation sites excluding steroid dienone is 1. The van der Waals surface area contributed by atoms with E-state index >= 15 is 0 Å². The normalized spacial score (nSPS) is 27.4. The van der Waals surface area contributed by atoms with Crippen molar-refractivity contribution >= 4 is 5.91 Å². The van der Waals surface area contributed by atoms with Gasteiger partial charge in [0.1, 0.15) is 73.2 Å². The van der Waals surface area contributed by atoms with E-state index < -0.39 is 137 Å². The summed E-state index contributed by atoms with van der Waals surface area (Å²) in [6.45, 7) is 0.744. The molecule has 0 bridgehead atoms. The third-order valence-electron chi connectivity index (χ3n) is 12.2. The molecule has 0 aromatic rings. The van der Waals surface area contributed by atoms with Crippen LogP contribution in [0.4, 0.5) is 0 Å². The Morgan fingerprint density at radius 2 is 0.889 bits per heavy atom. The molecular formula is C62H69NO18.